The first-order valence-electron chi connectivity index (χ1n) is 9.28. The van der Waals surface area contributed by atoms with Crippen LogP contribution in [0.2, 0.25) is 0 Å². The first-order chi connectivity index (χ1) is 12.1. The average molecular weight is 345 g/mol. The second-order valence-electron chi connectivity index (χ2n) is 6.90. The molecule has 0 atom stereocenters. The number of carbonyl (C=O) groups excluding carboxylic acids is 2. The van der Waals surface area contributed by atoms with E-state index in [-0.39, 0.29) is 11.8 Å². The Morgan fingerprint density at radius 1 is 1.40 bits per heavy atom. The van der Waals surface area contributed by atoms with Crippen molar-refractivity contribution in [2.45, 2.75) is 71.0 Å². The fraction of sp³-hybridized carbons (Fsp3) is 0.632. The predicted molar refractivity (Wildman–Crippen MR) is 94.3 cm³/mol. The van der Waals surface area contributed by atoms with Gasteiger partial charge in [-0.3, -0.25) is 9.59 Å². The number of carbonyl (C=O) groups is 2. The molecule has 6 heteroatoms. The number of hydrogen-bond donors (Lipinski definition) is 1. The van der Waals surface area contributed by atoms with Gasteiger partial charge in [0.05, 0.1) is 24.9 Å². The summed E-state index contributed by atoms with van der Waals surface area (Å²) < 4.78 is 5.39. The molecular formula is C19H27N3O3. The number of rotatable bonds is 7. The number of amides is 2. The van der Waals surface area contributed by atoms with Crippen LogP contribution in [-0.4, -0.2) is 34.8 Å². The van der Waals surface area contributed by atoms with Crippen molar-refractivity contribution in [2.24, 2.45) is 0 Å². The van der Waals surface area contributed by atoms with Crippen molar-refractivity contribution in [2.75, 3.05) is 7.11 Å². The summed E-state index contributed by atoms with van der Waals surface area (Å²) in [7, 11) is 1.57. The van der Waals surface area contributed by atoms with Crippen LogP contribution in [0.1, 0.15) is 73.5 Å². The molecule has 6 nitrogen and oxygen atoms in total. The third-order valence-corrected chi connectivity index (χ3v) is 5.14. The SMILES string of the molecule is CCCCC(=O)NCc1cc2c(nc1OC)CN(C1CCCC1)C2=O. The predicted octanol–water partition coefficient (Wildman–Crippen LogP) is 2.80. The van der Waals surface area contributed by atoms with Crippen molar-refractivity contribution < 1.29 is 14.3 Å². The smallest absolute Gasteiger partial charge is 0.256 e. The Labute approximate surface area is 148 Å². The van der Waals surface area contributed by atoms with E-state index in [1.165, 1.54) is 12.8 Å². The van der Waals surface area contributed by atoms with Gasteiger partial charge in [0.1, 0.15) is 0 Å². The molecule has 2 aliphatic rings. The molecule has 0 unspecified atom stereocenters. The highest BCUT2D eigenvalue weighted by Gasteiger charge is 2.35. The van der Waals surface area contributed by atoms with Crippen molar-refractivity contribution in [3.8, 4) is 5.88 Å². The van der Waals surface area contributed by atoms with Gasteiger partial charge in [0.25, 0.3) is 5.91 Å². The van der Waals surface area contributed by atoms with E-state index in [4.69, 9.17) is 4.74 Å². The summed E-state index contributed by atoms with van der Waals surface area (Å²) in [5.74, 6) is 0.578. The van der Waals surface area contributed by atoms with Crippen LogP contribution in [0.3, 0.4) is 0 Å². The molecule has 0 saturated heterocycles. The van der Waals surface area contributed by atoms with E-state index in [1.807, 2.05) is 11.0 Å². The summed E-state index contributed by atoms with van der Waals surface area (Å²) in [5, 5.41) is 2.90. The molecule has 0 radical (unpaired) electrons. The van der Waals surface area contributed by atoms with Gasteiger partial charge < -0.3 is 15.0 Å². The fourth-order valence-corrected chi connectivity index (χ4v) is 3.70. The maximum absolute atomic E-state index is 12.8. The summed E-state index contributed by atoms with van der Waals surface area (Å²) in [6, 6.07) is 2.18. The average Bonchev–Trinajstić information content (AvgIpc) is 3.25. The van der Waals surface area contributed by atoms with E-state index in [0.717, 1.165) is 36.9 Å². The van der Waals surface area contributed by atoms with Crippen LogP contribution in [0.5, 0.6) is 5.88 Å². The molecule has 0 spiro atoms. The van der Waals surface area contributed by atoms with Crippen LogP contribution in [0, 0.1) is 0 Å². The topological polar surface area (TPSA) is 71.5 Å². The highest BCUT2D eigenvalue weighted by molar-refractivity contribution is 5.98. The van der Waals surface area contributed by atoms with Gasteiger partial charge in [0.15, 0.2) is 0 Å². The minimum atomic E-state index is 0.0170. The third-order valence-electron chi connectivity index (χ3n) is 5.14. The normalized spacial score (nSPS) is 17.0. The molecule has 1 saturated carbocycles. The van der Waals surface area contributed by atoms with Crippen LogP contribution >= 0.6 is 0 Å². The Bertz CT molecular complexity index is 654. The first-order valence-corrected chi connectivity index (χ1v) is 9.28. The lowest BCUT2D eigenvalue weighted by Crippen LogP contribution is -2.33. The molecule has 25 heavy (non-hydrogen) atoms. The quantitative estimate of drug-likeness (QED) is 0.825. The summed E-state index contributed by atoms with van der Waals surface area (Å²) in [5.41, 5.74) is 2.20. The Morgan fingerprint density at radius 3 is 2.84 bits per heavy atom. The molecule has 2 heterocycles. The monoisotopic (exact) mass is 345 g/mol. The van der Waals surface area contributed by atoms with E-state index in [1.54, 1.807) is 7.11 Å². The van der Waals surface area contributed by atoms with Gasteiger partial charge in [-0.05, 0) is 25.3 Å². The molecule has 1 N–H and O–H groups in total. The fourth-order valence-electron chi connectivity index (χ4n) is 3.70. The van der Waals surface area contributed by atoms with E-state index in [2.05, 4.69) is 17.2 Å². The Kier molecular flexibility index (Phi) is 5.56. The van der Waals surface area contributed by atoms with Crippen molar-refractivity contribution >= 4 is 11.8 Å². The van der Waals surface area contributed by atoms with Gasteiger partial charge >= 0.3 is 0 Å². The van der Waals surface area contributed by atoms with Gasteiger partial charge in [-0.2, -0.15) is 0 Å². The van der Waals surface area contributed by atoms with Gasteiger partial charge in [-0.25, -0.2) is 4.98 Å². The summed E-state index contributed by atoms with van der Waals surface area (Å²) in [4.78, 5) is 31.1. The Hall–Kier alpha value is -2.11. The van der Waals surface area contributed by atoms with Crippen molar-refractivity contribution in [1.29, 1.82) is 0 Å². The maximum Gasteiger partial charge on any atom is 0.256 e. The zero-order valence-corrected chi connectivity index (χ0v) is 15.1. The van der Waals surface area contributed by atoms with E-state index in [0.29, 0.717) is 37.0 Å². The van der Waals surface area contributed by atoms with Crippen molar-refractivity contribution in [1.82, 2.24) is 15.2 Å². The van der Waals surface area contributed by atoms with Crippen LogP contribution in [0.15, 0.2) is 6.07 Å². The van der Waals surface area contributed by atoms with Crippen LogP contribution in [0.4, 0.5) is 0 Å². The number of fused-ring (bicyclic) bond motifs is 1. The van der Waals surface area contributed by atoms with E-state index >= 15 is 0 Å². The minimum Gasteiger partial charge on any atom is -0.481 e. The zero-order valence-electron chi connectivity index (χ0n) is 15.1. The molecule has 1 fully saturated rings. The van der Waals surface area contributed by atoms with Crippen LogP contribution in [0.25, 0.3) is 0 Å². The largest absolute Gasteiger partial charge is 0.481 e. The standard InChI is InChI=1S/C19H27N3O3/c1-3-4-9-17(23)20-11-13-10-15-16(21-18(13)25-2)12-22(19(15)24)14-7-5-6-8-14/h10,14H,3-9,11-12H2,1-2H3,(H,20,23). The lowest BCUT2D eigenvalue weighted by molar-refractivity contribution is -0.121. The number of ether oxygens (including phenoxy) is 1. The first kappa shape index (κ1) is 17.7. The van der Waals surface area contributed by atoms with Crippen molar-refractivity contribution in [3.63, 3.8) is 0 Å². The molecule has 0 bridgehead atoms. The second kappa shape index (κ2) is 7.85. The van der Waals surface area contributed by atoms with Gasteiger partial charge in [0, 0.05) is 24.6 Å². The number of pyridine rings is 1. The Balaban J connectivity index is 1.74. The minimum absolute atomic E-state index is 0.0170. The third kappa shape index (κ3) is 3.78. The Morgan fingerprint density at radius 2 is 2.16 bits per heavy atom. The summed E-state index contributed by atoms with van der Waals surface area (Å²) >= 11 is 0. The molecular weight excluding hydrogens is 318 g/mol. The molecule has 3 rings (SSSR count). The molecule has 1 aliphatic carbocycles. The number of nitrogens with one attached hydrogen (secondary N) is 1. The molecule has 1 aromatic rings. The maximum atomic E-state index is 12.8. The lowest BCUT2D eigenvalue weighted by atomic mass is 10.1. The summed E-state index contributed by atoms with van der Waals surface area (Å²) in [6.45, 7) is 2.96. The van der Waals surface area contributed by atoms with Gasteiger partial charge in [0.2, 0.25) is 11.8 Å². The van der Waals surface area contributed by atoms with Crippen LogP contribution in [-0.2, 0) is 17.9 Å². The molecule has 1 aromatic heterocycles. The van der Waals surface area contributed by atoms with Crippen LogP contribution < -0.4 is 10.1 Å². The van der Waals surface area contributed by atoms with Gasteiger partial charge in [-0.1, -0.05) is 26.2 Å². The zero-order chi connectivity index (χ0) is 17.8. The highest BCUT2D eigenvalue weighted by Crippen LogP contribution is 2.33. The van der Waals surface area contributed by atoms with E-state index in [9.17, 15) is 9.59 Å². The summed E-state index contributed by atoms with van der Waals surface area (Å²) in [6.07, 6.45) is 6.93. The number of unbranched alkanes of at least 4 members (excludes halogenated alkanes) is 1. The van der Waals surface area contributed by atoms with Gasteiger partial charge in [-0.15, -0.1) is 0 Å². The lowest BCUT2D eigenvalue weighted by Gasteiger charge is -2.22. The van der Waals surface area contributed by atoms with E-state index < -0.39 is 0 Å². The second-order valence-corrected chi connectivity index (χ2v) is 6.90. The number of nitrogens with zero attached hydrogens (tertiary/aromatic N) is 2. The number of hydrogen-bond acceptors (Lipinski definition) is 4. The molecule has 0 aromatic carbocycles. The molecule has 136 valence electrons. The highest BCUT2D eigenvalue weighted by atomic mass is 16.5. The molecule has 2 amide bonds. The number of aromatic nitrogens is 1. The number of methoxy groups -OCH3 is 1. The molecule has 1 aliphatic heterocycles. The van der Waals surface area contributed by atoms with Crippen molar-refractivity contribution in [3.05, 3.63) is 22.9 Å².